The van der Waals surface area contributed by atoms with Crippen LogP contribution in [-0.2, 0) is 4.74 Å². The highest BCUT2D eigenvalue weighted by atomic mass is 19.4. The molecule has 1 saturated carbocycles. The summed E-state index contributed by atoms with van der Waals surface area (Å²) in [4.78, 5) is 0. The molecule has 0 amide bonds. The van der Waals surface area contributed by atoms with E-state index in [1.807, 2.05) is 0 Å². The lowest BCUT2D eigenvalue weighted by molar-refractivity contribution is -0.136. The van der Waals surface area contributed by atoms with Crippen LogP contribution in [0.5, 0.6) is 0 Å². The number of ether oxygens (including phenoxy) is 1. The fraction of sp³-hybridized carbons (Fsp3) is 1.00. The second kappa shape index (κ2) is 5.78. The molecule has 106 valence electrons. The molecule has 1 aliphatic carbocycles. The van der Waals surface area contributed by atoms with Crippen LogP contribution >= 0.6 is 0 Å². The van der Waals surface area contributed by atoms with Crippen molar-refractivity contribution in [1.29, 1.82) is 0 Å². The molecule has 1 aliphatic heterocycles. The first-order chi connectivity index (χ1) is 8.49. The predicted octanol–water partition coefficient (Wildman–Crippen LogP) is 3.41. The summed E-state index contributed by atoms with van der Waals surface area (Å²) in [5, 5.41) is 3.38. The maximum atomic E-state index is 12.0. The number of rotatable bonds is 5. The minimum absolute atomic E-state index is 0.113. The maximum Gasteiger partial charge on any atom is 0.389 e. The molecule has 0 bridgehead atoms. The molecular weight excluding hydrogens is 243 g/mol. The van der Waals surface area contributed by atoms with Gasteiger partial charge in [0.1, 0.15) is 0 Å². The third kappa shape index (κ3) is 4.12. The molecule has 2 fully saturated rings. The van der Waals surface area contributed by atoms with Crippen LogP contribution in [0.3, 0.4) is 0 Å². The summed E-state index contributed by atoms with van der Waals surface area (Å²) in [6, 6.07) is 0.435. The largest absolute Gasteiger partial charge is 0.389 e. The van der Waals surface area contributed by atoms with Crippen molar-refractivity contribution in [3.8, 4) is 0 Å². The van der Waals surface area contributed by atoms with Crippen molar-refractivity contribution >= 4 is 0 Å². The highest BCUT2D eigenvalue weighted by Crippen LogP contribution is 2.42. The minimum Gasteiger partial charge on any atom is -0.375 e. The third-order valence-electron chi connectivity index (χ3n) is 4.08. The zero-order chi connectivity index (χ0) is 13.1. The second-order valence-electron chi connectivity index (χ2n) is 5.60. The Labute approximate surface area is 106 Å². The fourth-order valence-electron chi connectivity index (χ4n) is 2.88. The fourth-order valence-corrected chi connectivity index (χ4v) is 2.88. The standard InChI is InChI=1S/C13H22F3NO/c14-13(15,16)7-1-2-8-17-11-4-9-18-12(10-11)5-3-6-12/h11,17H,1-10H2. The molecule has 2 rings (SSSR count). The molecule has 1 saturated heterocycles. The quantitative estimate of drug-likeness (QED) is 0.769. The van der Waals surface area contributed by atoms with Crippen LogP contribution in [0.4, 0.5) is 13.2 Å². The van der Waals surface area contributed by atoms with Gasteiger partial charge in [0.05, 0.1) is 5.60 Å². The van der Waals surface area contributed by atoms with Gasteiger partial charge in [-0.15, -0.1) is 0 Å². The monoisotopic (exact) mass is 265 g/mol. The molecule has 1 spiro atoms. The van der Waals surface area contributed by atoms with Crippen molar-refractivity contribution in [2.45, 2.75) is 69.2 Å². The molecule has 0 radical (unpaired) electrons. The van der Waals surface area contributed by atoms with Gasteiger partial charge in [-0.25, -0.2) is 0 Å². The number of unbranched alkanes of at least 4 members (excludes halogenated alkanes) is 1. The molecular formula is C13H22F3NO. The minimum atomic E-state index is -4.01. The van der Waals surface area contributed by atoms with Gasteiger partial charge < -0.3 is 10.1 Å². The highest BCUT2D eigenvalue weighted by Gasteiger charge is 2.42. The molecule has 1 N–H and O–H groups in total. The Morgan fingerprint density at radius 2 is 2.00 bits per heavy atom. The van der Waals surface area contributed by atoms with Crippen LogP contribution in [0.2, 0.25) is 0 Å². The van der Waals surface area contributed by atoms with Crippen molar-refractivity contribution in [3.05, 3.63) is 0 Å². The topological polar surface area (TPSA) is 21.3 Å². The predicted molar refractivity (Wildman–Crippen MR) is 63.5 cm³/mol. The Bertz CT molecular complexity index is 263. The van der Waals surface area contributed by atoms with Crippen LogP contribution in [0.1, 0.15) is 51.4 Å². The van der Waals surface area contributed by atoms with Crippen LogP contribution < -0.4 is 5.32 Å². The van der Waals surface area contributed by atoms with E-state index in [1.54, 1.807) is 0 Å². The van der Waals surface area contributed by atoms with Gasteiger partial charge in [-0.1, -0.05) is 0 Å². The average molecular weight is 265 g/mol. The number of halogens is 3. The molecule has 5 heteroatoms. The average Bonchev–Trinajstić information content (AvgIpc) is 2.25. The molecule has 18 heavy (non-hydrogen) atoms. The van der Waals surface area contributed by atoms with Gasteiger partial charge in [-0.2, -0.15) is 13.2 Å². The van der Waals surface area contributed by atoms with Crippen molar-refractivity contribution in [3.63, 3.8) is 0 Å². The lowest BCUT2D eigenvalue weighted by Crippen LogP contribution is -2.51. The first-order valence-corrected chi connectivity index (χ1v) is 6.93. The van der Waals surface area contributed by atoms with Crippen LogP contribution in [0.25, 0.3) is 0 Å². The number of hydrogen-bond donors (Lipinski definition) is 1. The molecule has 0 aromatic rings. The molecule has 1 heterocycles. The Hall–Kier alpha value is -0.290. The van der Waals surface area contributed by atoms with Crippen molar-refractivity contribution in [1.82, 2.24) is 5.32 Å². The molecule has 1 atom stereocenters. The van der Waals surface area contributed by atoms with E-state index in [0.717, 1.165) is 32.3 Å². The number of hydrogen-bond acceptors (Lipinski definition) is 2. The van der Waals surface area contributed by atoms with Crippen LogP contribution in [-0.4, -0.2) is 31.0 Å². The van der Waals surface area contributed by atoms with E-state index in [9.17, 15) is 13.2 Å². The Balaban J connectivity index is 1.56. The molecule has 0 aromatic heterocycles. The van der Waals surface area contributed by atoms with Crippen LogP contribution in [0.15, 0.2) is 0 Å². The van der Waals surface area contributed by atoms with Crippen molar-refractivity contribution in [2.75, 3.05) is 13.2 Å². The SMILES string of the molecule is FC(F)(F)CCCCNC1CCOC2(CCC2)C1. The van der Waals surface area contributed by atoms with Gasteiger partial charge in [0.2, 0.25) is 0 Å². The van der Waals surface area contributed by atoms with E-state index in [2.05, 4.69) is 5.32 Å². The van der Waals surface area contributed by atoms with Gasteiger partial charge in [-0.05, 0) is 51.5 Å². The summed E-state index contributed by atoms with van der Waals surface area (Å²) >= 11 is 0. The second-order valence-corrected chi connectivity index (χ2v) is 5.60. The van der Waals surface area contributed by atoms with Gasteiger partial charge in [0.25, 0.3) is 0 Å². The summed E-state index contributed by atoms with van der Waals surface area (Å²) in [5.74, 6) is 0. The molecule has 0 aromatic carbocycles. The summed E-state index contributed by atoms with van der Waals surface area (Å²) in [5.41, 5.74) is 0.113. The van der Waals surface area contributed by atoms with Gasteiger partial charge in [0.15, 0.2) is 0 Å². The van der Waals surface area contributed by atoms with E-state index < -0.39 is 12.6 Å². The smallest absolute Gasteiger partial charge is 0.375 e. The van der Waals surface area contributed by atoms with E-state index in [4.69, 9.17) is 4.74 Å². The van der Waals surface area contributed by atoms with Crippen molar-refractivity contribution < 1.29 is 17.9 Å². The first-order valence-electron chi connectivity index (χ1n) is 6.93. The zero-order valence-corrected chi connectivity index (χ0v) is 10.7. The van der Waals surface area contributed by atoms with Gasteiger partial charge >= 0.3 is 6.18 Å². The molecule has 2 aliphatic rings. The third-order valence-corrected chi connectivity index (χ3v) is 4.08. The van der Waals surface area contributed by atoms with E-state index in [0.29, 0.717) is 19.0 Å². The van der Waals surface area contributed by atoms with E-state index in [-0.39, 0.29) is 12.0 Å². The molecule has 2 nitrogen and oxygen atoms in total. The lowest BCUT2D eigenvalue weighted by atomic mass is 9.74. The summed E-state index contributed by atoms with van der Waals surface area (Å²) in [6.45, 7) is 1.48. The number of alkyl halides is 3. The maximum absolute atomic E-state index is 12.0. The van der Waals surface area contributed by atoms with E-state index >= 15 is 0 Å². The summed E-state index contributed by atoms with van der Waals surface area (Å²) in [7, 11) is 0. The molecule has 1 unspecified atom stereocenters. The first kappa shape index (κ1) is 14.1. The van der Waals surface area contributed by atoms with Crippen molar-refractivity contribution in [2.24, 2.45) is 0 Å². The zero-order valence-electron chi connectivity index (χ0n) is 10.7. The summed E-state index contributed by atoms with van der Waals surface area (Å²) in [6.07, 6.45) is 1.74. The lowest BCUT2D eigenvalue weighted by Gasteiger charge is -2.47. The highest BCUT2D eigenvalue weighted by molar-refractivity contribution is 4.95. The summed E-state index contributed by atoms with van der Waals surface area (Å²) < 4.78 is 41.7. The van der Waals surface area contributed by atoms with E-state index in [1.165, 1.54) is 6.42 Å². The Morgan fingerprint density at radius 3 is 2.61 bits per heavy atom. The Kier molecular flexibility index (Phi) is 4.54. The van der Waals surface area contributed by atoms with Gasteiger partial charge in [-0.3, -0.25) is 0 Å². The normalized spacial score (nSPS) is 27.2. The van der Waals surface area contributed by atoms with Crippen LogP contribution in [0, 0.1) is 0 Å². The number of nitrogens with one attached hydrogen (secondary N) is 1. The Morgan fingerprint density at radius 1 is 1.22 bits per heavy atom. The van der Waals surface area contributed by atoms with Gasteiger partial charge in [0, 0.05) is 19.1 Å².